The van der Waals surface area contributed by atoms with E-state index in [4.69, 9.17) is 5.73 Å². The van der Waals surface area contributed by atoms with Gasteiger partial charge in [0.15, 0.2) is 0 Å². The van der Waals surface area contributed by atoms with Gasteiger partial charge in [0.05, 0.1) is 0 Å². The zero-order chi connectivity index (χ0) is 10.7. The Bertz CT molecular complexity index is 321. The molecule has 0 bridgehead atoms. The third-order valence-electron chi connectivity index (χ3n) is 2.98. The first-order chi connectivity index (χ1) is 7.25. The van der Waals surface area contributed by atoms with Gasteiger partial charge in [0.1, 0.15) is 0 Å². The van der Waals surface area contributed by atoms with E-state index in [0.717, 1.165) is 17.4 Å². The average Bonchev–Trinajstić information content (AvgIpc) is 2.70. The molecule has 0 aliphatic carbocycles. The van der Waals surface area contributed by atoms with E-state index in [-0.39, 0.29) is 6.04 Å². The van der Waals surface area contributed by atoms with Crippen LogP contribution in [0, 0.1) is 0 Å². The molecule has 2 rings (SSSR count). The average molecular weight is 269 g/mol. The van der Waals surface area contributed by atoms with Crippen molar-refractivity contribution in [3.63, 3.8) is 0 Å². The van der Waals surface area contributed by atoms with Crippen LogP contribution >= 0.6 is 15.9 Å². The second-order valence-corrected chi connectivity index (χ2v) is 5.11. The molecular formula is C12H17BrN2. The monoisotopic (exact) mass is 268 g/mol. The van der Waals surface area contributed by atoms with Crippen molar-refractivity contribution in [1.29, 1.82) is 0 Å². The summed E-state index contributed by atoms with van der Waals surface area (Å²) in [5, 5.41) is 3.48. The summed E-state index contributed by atoms with van der Waals surface area (Å²) in [4.78, 5) is 0. The predicted molar refractivity (Wildman–Crippen MR) is 66.7 cm³/mol. The largest absolute Gasteiger partial charge is 0.324 e. The van der Waals surface area contributed by atoms with Crippen LogP contribution in [-0.4, -0.2) is 12.6 Å². The van der Waals surface area contributed by atoms with Gasteiger partial charge in [0.25, 0.3) is 0 Å². The minimum absolute atomic E-state index is 0.151. The highest BCUT2D eigenvalue weighted by atomic mass is 79.9. The molecule has 15 heavy (non-hydrogen) atoms. The van der Waals surface area contributed by atoms with Crippen LogP contribution in [0.1, 0.15) is 30.9 Å². The van der Waals surface area contributed by atoms with Gasteiger partial charge < -0.3 is 11.1 Å². The number of halogens is 1. The Morgan fingerprint density at radius 2 is 2.40 bits per heavy atom. The van der Waals surface area contributed by atoms with Crippen molar-refractivity contribution in [1.82, 2.24) is 5.32 Å². The topological polar surface area (TPSA) is 38.0 Å². The van der Waals surface area contributed by atoms with Crippen LogP contribution in [0.2, 0.25) is 0 Å². The van der Waals surface area contributed by atoms with Gasteiger partial charge in [-0.2, -0.15) is 0 Å². The van der Waals surface area contributed by atoms with E-state index < -0.39 is 0 Å². The molecule has 1 heterocycles. The lowest BCUT2D eigenvalue weighted by atomic mass is 9.99. The second kappa shape index (κ2) is 5.10. The molecule has 2 atom stereocenters. The fraction of sp³-hybridized carbons (Fsp3) is 0.500. The van der Waals surface area contributed by atoms with Crippen LogP contribution in [0.25, 0.3) is 0 Å². The van der Waals surface area contributed by atoms with Crippen molar-refractivity contribution in [2.75, 3.05) is 6.54 Å². The molecule has 2 nitrogen and oxygen atoms in total. The van der Waals surface area contributed by atoms with E-state index in [0.29, 0.717) is 6.04 Å². The molecule has 0 aromatic heterocycles. The number of hydrogen-bond donors (Lipinski definition) is 2. The maximum Gasteiger partial charge on any atom is 0.0310 e. The van der Waals surface area contributed by atoms with Gasteiger partial charge in [-0.3, -0.25) is 0 Å². The van der Waals surface area contributed by atoms with E-state index >= 15 is 0 Å². The fourth-order valence-corrected chi connectivity index (χ4v) is 2.55. The summed E-state index contributed by atoms with van der Waals surface area (Å²) >= 11 is 3.47. The van der Waals surface area contributed by atoms with Gasteiger partial charge in [-0.25, -0.2) is 0 Å². The zero-order valence-corrected chi connectivity index (χ0v) is 10.3. The van der Waals surface area contributed by atoms with E-state index in [1.807, 2.05) is 12.1 Å². The van der Waals surface area contributed by atoms with Crippen molar-refractivity contribution in [3.05, 3.63) is 34.3 Å². The molecule has 1 saturated heterocycles. The predicted octanol–water partition coefficient (Wildman–Crippen LogP) is 2.59. The summed E-state index contributed by atoms with van der Waals surface area (Å²) in [6.45, 7) is 1.15. The van der Waals surface area contributed by atoms with Crippen LogP contribution in [0.3, 0.4) is 0 Å². The summed E-state index contributed by atoms with van der Waals surface area (Å²) in [6, 6.07) is 9.05. The fourth-order valence-electron chi connectivity index (χ4n) is 2.14. The van der Waals surface area contributed by atoms with Gasteiger partial charge in [0, 0.05) is 16.6 Å². The molecular weight excluding hydrogens is 252 g/mol. The molecule has 0 saturated carbocycles. The first-order valence-electron chi connectivity index (χ1n) is 5.50. The Morgan fingerprint density at radius 3 is 3.07 bits per heavy atom. The first-order valence-corrected chi connectivity index (χ1v) is 6.29. The van der Waals surface area contributed by atoms with Crippen LogP contribution in [-0.2, 0) is 0 Å². The van der Waals surface area contributed by atoms with Crippen LogP contribution in [0.5, 0.6) is 0 Å². The Morgan fingerprint density at radius 1 is 1.53 bits per heavy atom. The highest BCUT2D eigenvalue weighted by molar-refractivity contribution is 9.10. The molecule has 82 valence electrons. The van der Waals surface area contributed by atoms with Gasteiger partial charge in [0.2, 0.25) is 0 Å². The first kappa shape index (κ1) is 11.1. The Labute approximate surface area is 99.4 Å². The molecule has 1 aromatic rings. The minimum atomic E-state index is 0.151. The molecule has 1 fully saturated rings. The smallest absolute Gasteiger partial charge is 0.0310 e. The summed E-state index contributed by atoms with van der Waals surface area (Å²) in [7, 11) is 0. The zero-order valence-electron chi connectivity index (χ0n) is 8.75. The molecule has 0 spiro atoms. The van der Waals surface area contributed by atoms with Crippen LogP contribution in [0.4, 0.5) is 0 Å². The number of nitrogens with two attached hydrogens (primary N) is 1. The molecule has 1 aromatic carbocycles. The molecule has 0 amide bonds. The third-order valence-corrected chi connectivity index (χ3v) is 3.47. The Balaban J connectivity index is 1.97. The van der Waals surface area contributed by atoms with Gasteiger partial charge in [-0.15, -0.1) is 0 Å². The molecule has 3 N–H and O–H groups in total. The second-order valence-electron chi connectivity index (χ2n) is 4.19. The maximum atomic E-state index is 6.18. The highest BCUT2D eigenvalue weighted by Gasteiger charge is 2.18. The van der Waals surface area contributed by atoms with E-state index in [2.05, 4.69) is 33.4 Å². The lowest BCUT2D eigenvalue weighted by molar-refractivity contribution is 0.499. The molecule has 2 unspecified atom stereocenters. The lowest BCUT2D eigenvalue weighted by Gasteiger charge is -2.17. The van der Waals surface area contributed by atoms with E-state index in [1.165, 1.54) is 18.4 Å². The number of rotatable bonds is 3. The van der Waals surface area contributed by atoms with Crippen molar-refractivity contribution < 1.29 is 0 Å². The summed E-state index contributed by atoms with van der Waals surface area (Å²) in [5.41, 5.74) is 7.40. The van der Waals surface area contributed by atoms with Crippen molar-refractivity contribution in [3.8, 4) is 0 Å². The molecule has 1 aliphatic heterocycles. The van der Waals surface area contributed by atoms with Crippen molar-refractivity contribution >= 4 is 15.9 Å². The van der Waals surface area contributed by atoms with E-state index in [1.54, 1.807) is 0 Å². The summed E-state index contributed by atoms with van der Waals surface area (Å²) in [6.07, 6.45) is 3.59. The minimum Gasteiger partial charge on any atom is -0.324 e. The highest BCUT2D eigenvalue weighted by Crippen LogP contribution is 2.22. The Kier molecular flexibility index (Phi) is 3.78. The Hall–Kier alpha value is -0.380. The van der Waals surface area contributed by atoms with Gasteiger partial charge in [-0.1, -0.05) is 28.1 Å². The number of hydrogen-bond acceptors (Lipinski definition) is 2. The van der Waals surface area contributed by atoms with Gasteiger partial charge >= 0.3 is 0 Å². The van der Waals surface area contributed by atoms with Crippen LogP contribution < -0.4 is 11.1 Å². The quantitative estimate of drug-likeness (QED) is 0.885. The molecule has 1 aliphatic rings. The van der Waals surface area contributed by atoms with E-state index in [9.17, 15) is 0 Å². The SMILES string of the molecule is NC(CC1CCCN1)c1cccc(Br)c1. The molecule has 3 heteroatoms. The lowest BCUT2D eigenvalue weighted by Crippen LogP contribution is -2.26. The van der Waals surface area contributed by atoms with Crippen molar-refractivity contribution in [2.45, 2.75) is 31.3 Å². The third kappa shape index (κ3) is 3.03. The summed E-state index contributed by atoms with van der Waals surface area (Å²) in [5.74, 6) is 0. The standard InChI is InChI=1S/C12H17BrN2/c13-10-4-1-3-9(7-10)12(14)8-11-5-2-6-15-11/h1,3-4,7,11-12,15H,2,5-6,8,14H2. The van der Waals surface area contributed by atoms with Gasteiger partial charge in [-0.05, 0) is 43.5 Å². The maximum absolute atomic E-state index is 6.18. The van der Waals surface area contributed by atoms with Crippen molar-refractivity contribution in [2.24, 2.45) is 5.73 Å². The normalized spacial score (nSPS) is 22.9. The number of benzene rings is 1. The number of nitrogens with one attached hydrogen (secondary N) is 1. The molecule has 0 radical (unpaired) electrons. The van der Waals surface area contributed by atoms with Crippen LogP contribution in [0.15, 0.2) is 28.7 Å². The summed E-state index contributed by atoms with van der Waals surface area (Å²) < 4.78 is 1.11.